The third-order valence-corrected chi connectivity index (χ3v) is 4.75. The van der Waals surface area contributed by atoms with E-state index in [1.54, 1.807) is 54.6 Å². The Balaban J connectivity index is 2.11. The number of carbonyl (C=O) groups excluding carboxylic acids is 3. The fraction of sp³-hybridized carbons (Fsp3) is 0.250. The molecule has 2 aromatic carbocycles. The van der Waals surface area contributed by atoms with Gasteiger partial charge in [0.25, 0.3) is 0 Å². The number of hydrogen-bond donors (Lipinski definition) is 0. The average molecular weight is 338 g/mol. The van der Waals surface area contributed by atoms with Crippen molar-refractivity contribution in [3.8, 4) is 0 Å². The van der Waals surface area contributed by atoms with Gasteiger partial charge in [-0.25, -0.2) is 0 Å². The SMILES string of the molecule is COC(=O)C1(C(=O)OC)C(C(=O)c2ccccc2)C1c1ccccc1. The number of rotatable bonds is 5. The van der Waals surface area contributed by atoms with Crippen molar-refractivity contribution in [2.45, 2.75) is 5.92 Å². The van der Waals surface area contributed by atoms with E-state index < -0.39 is 29.2 Å². The van der Waals surface area contributed by atoms with Gasteiger partial charge in [-0.2, -0.15) is 0 Å². The molecule has 2 atom stereocenters. The molecule has 0 amide bonds. The first kappa shape index (κ1) is 16.9. The van der Waals surface area contributed by atoms with E-state index in [4.69, 9.17) is 9.47 Å². The Kier molecular flexibility index (Phi) is 4.40. The highest BCUT2D eigenvalue weighted by molar-refractivity contribution is 6.16. The number of ketones is 1. The number of ether oxygens (including phenoxy) is 2. The van der Waals surface area contributed by atoms with Gasteiger partial charge in [-0.15, -0.1) is 0 Å². The molecular weight excluding hydrogens is 320 g/mol. The molecule has 0 bridgehead atoms. The van der Waals surface area contributed by atoms with Gasteiger partial charge in [-0.3, -0.25) is 14.4 Å². The Morgan fingerprint density at radius 3 is 1.76 bits per heavy atom. The highest BCUT2D eigenvalue weighted by Gasteiger charge is 2.79. The van der Waals surface area contributed by atoms with E-state index in [1.807, 2.05) is 6.07 Å². The molecule has 0 saturated heterocycles. The minimum absolute atomic E-state index is 0.273. The van der Waals surface area contributed by atoms with Gasteiger partial charge < -0.3 is 9.47 Å². The minimum atomic E-state index is -1.64. The number of Topliss-reactive ketones (excluding diaryl/α,β-unsaturated/α-hetero) is 1. The number of carbonyl (C=O) groups is 3. The van der Waals surface area contributed by atoms with Crippen molar-refractivity contribution in [3.63, 3.8) is 0 Å². The zero-order valence-corrected chi connectivity index (χ0v) is 14.0. The summed E-state index contributed by atoms with van der Waals surface area (Å²) in [6, 6.07) is 17.6. The van der Waals surface area contributed by atoms with Crippen LogP contribution in [0.1, 0.15) is 21.8 Å². The van der Waals surface area contributed by atoms with E-state index in [1.165, 1.54) is 14.2 Å². The lowest BCUT2D eigenvalue weighted by Gasteiger charge is -2.13. The lowest BCUT2D eigenvalue weighted by Crippen LogP contribution is -2.33. The first-order chi connectivity index (χ1) is 12.1. The van der Waals surface area contributed by atoms with Crippen molar-refractivity contribution < 1.29 is 23.9 Å². The zero-order valence-electron chi connectivity index (χ0n) is 14.0. The van der Waals surface area contributed by atoms with Gasteiger partial charge in [0.1, 0.15) is 0 Å². The van der Waals surface area contributed by atoms with Crippen molar-refractivity contribution in [2.75, 3.05) is 14.2 Å². The van der Waals surface area contributed by atoms with Crippen LogP contribution in [0.5, 0.6) is 0 Å². The molecule has 0 radical (unpaired) electrons. The molecule has 0 heterocycles. The standard InChI is InChI=1S/C20H18O5/c1-24-18(22)20(19(23)25-2)15(13-9-5-3-6-10-13)16(20)17(21)14-11-7-4-8-12-14/h3-12,15-16H,1-2H3. The van der Waals surface area contributed by atoms with Crippen LogP contribution in [0.4, 0.5) is 0 Å². The Bertz CT molecular complexity index is 781. The van der Waals surface area contributed by atoms with Crippen molar-refractivity contribution >= 4 is 17.7 Å². The summed E-state index contributed by atoms with van der Waals surface area (Å²) in [6.45, 7) is 0. The van der Waals surface area contributed by atoms with Crippen molar-refractivity contribution in [3.05, 3.63) is 71.8 Å². The summed E-state index contributed by atoms with van der Waals surface area (Å²) >= 11 is 0. The summed E-state index contributed by atoms with van der Waals surface area (Å²) in [5.41, 5.74) is -0.465. The lowest BCUT2D eigenvalue weighted by atomic mass is 9.97. The number of methoxy groups -OCH3 is 2. The Morgan fingerprint density at radius 2 is 1.28 bits per heavy atom. The van der Waals surface area contributed by atoms with Gasteiger partial charge in [-0.1, -0.05) is 60.7 Å². The summed E-state index contributed by atoms with van der Waals surface area (Å²) in [5.74, 6) is -3.23. The third kappa shape index (κ3) is 2.52. The van der Waals surface area contributed by atoms with Gasteiger partial charge in [-0.05, 0) is 5.56 Å². The van der Waals surface area contributed by atoms with Gasteiger partial charge in [0.05, 0.1) is 20.1 Å². The maximum atomic E-state index is 13.0. The topological polar surface area (TPSA) is 69.7 Å². The van der Waals surface area contributed by atoms with Gasteiger partial charge in [0.15, 0.2) is 11.2 Å². The fourth-order valence-corrected chi connectivity index (χ4v) is 3.57. The maximum absolute atomic E-state index is 13.0. The molecule has 0 spiro atoms. The van der Waals surface area contributed by atoms with E-state index in [0.29, 0.717) is 5.56 Å². The molecule has 25 heavy (non-hydrogen) atoms. The Morgan fingerprint density at radius 1 is 0.800 bits per heavy atom. The summed E-state index contributed by atoms with van der Waals surface area (Å²) < 4.78 is 9.75. The van der Waals surface area contributed by atoms with Crippen LogP contribution < -0.4 is 0 Å². The predicted molar refractivity (Wildman–Crippen MR) is 89.9 cm³/mol. The van der Waals surface area contributed by atoms with E-state index in [9.17, 15) is 14.4 Å². The van der Waals surface area contributed by atoms with E-state index in [0.717, 1.165) is 5.56 Å². The normalized spacial score (nSPS) is 20.4. The van der Waals surface area contributed by atoms with E-state index in [-0.39, 0.29) is 5.78 Å². The molecule has 128 valence electrons. The first-order valence-corrected chi connectivity index (χ1v) is 7.90. The van der Waals surface area contributed by atoms with Crippen LogP contribution in [0.2, 0.25) is 0 Å². The molecule has 0 aromatic heterocycles. The van der Waals surface area contributed by atoms with Crippen molar-refractivity contribution in [1.82, 2.24) is 0 Å². The molecule has 2 aromatic rings. The van der Waals surface area contributed by atoms with E-state index >= 15 is 0 Å². The minimum Gasteiger partial charge on any atom is -0.468 e. The Hall–Kier alpha value is -2.95. The molecule has 3 rings (SSSR count). The summed E-state index contributed by atoms with van der Waals surface area (Å²) in [4.78, 5) is 38.1. The second-order valence-electron chi connectivity index (χ2n) is 5.95. The van der Waals surface area contributed by atoms with E-state index in [2.05, 4.69) is 0 Å². The summed E-state index contributed by atoms with van der Waals surface area (Å²) in [5, 5.41) is 0. The second-order valence-corrected chi connectivity index (χ2v) is 5.95. The zero-order chi connectivity index (χ0) is 18.0. The summed E-state index contributed by atoms with van der Waals surface area (Å²) in [7, 11) is 2.41. The first-order valence-electron chi connectivity index (χ1n) is 7.90. The lowest BCUT2D eigenvalue weighted by molar-refractivity contribution is -0.162. The summed E-state index contributed by atoms with van der Waals surface area (Å²) in [6.07, 6.45) is 0. The van der Waals surface area contributed by atoms with Crippen LogP contribution in [0, 0.1) is 11.3 Å². The van der Waals surface area contributed by atoms with Crippen LogP contribution in [0.25, 0.3) is 0 Å². The van der Waals surface area contributed by atoms with Crippen LogP contribution in [-0.2, 0) is 19.1 Å². The molecule has 0 N–H and O–H groups in total. The molecular formula is C20H18O5. The van der Waals surface area contributed by atoms with Crippen molar-refractivity contribution in [1.29, 1.82) is 0 Å². The molecule has 1 saturated carbocycles. The predicted octanol–water partition coefficient (Wildman–Crippen LogP) is 2.62. The number of hydrogen-bond acceptors (Lipinski definition) is 5. The van der Waals surface area contributed by atoms with Crippen LogP contribution in [0.3, 0.4) is 0 Å². The molecule has 5 nitrogen and oxygen atoms in total. The maximum Gasteiger partial charge on any atom is 0.324 e. The van der Waals surface area contributed by atoms with Gasteiger partial charge in [0, 0.05) is 11.5 Å². The average Bonchev–Trinajstić information content (AvgIpc) is 3.38. The number of esters is 2. The molecule has 2 unspecified atom stereocenters. The second kappa shape index (κ2) is 6.51. The molecule has 1 aliphatic rings. The highest BCUT2D eigenvalue weighted by atomic mass is 16.5. The van der Waals surface area contributed by atoms with Gasteiger partial charge in [0.2, 0.25) is 0 Å². The monoisotopic (exact) mass is 338 g/mol. The molecule has 0 aliphatic heterocycles. The van der Waals surface area contributed by atoms with Crippen LogP contribution in [0.15, 0.2) is 60.7 Å². The quantitative estimate of drug-likeness (QED) is 0.476. The molecule has 5 heteroatoms. The fourth-order valence-electron chi connectivity index (χ4n) is 3.57. The van der Waals surface area contributed by atoms with Crippen LogP contribution in [-0.4, -0.2) is 31.9 Å². The highest BCUT2D eigenvalue weighted by Crippen LogP contribution is 2.67. The Labute approximate surface area is 145 Å². The van der Waals surface area contributed by atoms with Crippen molar-refractivity contribution in [2.24, 2.45) is 11.3 Å². The van der Waals surface area contributed by atoms with Crippen LogP contribution >= 0.6 is 0 Å². The molecule has 1 fully saturated rings. The third-order valence-electron chi connectivity index (χ3n) is 4.75. The van der Waals surface area contributed by atoms with Gasteiger partial charge >= 0.3 is 11.9 Å². The smallest absolute Gasteiger partial charge is 0.324 e. The molecule has 1 aliphatic carbocycles. The largest absolute Gasteiger partial charge is 0.468 e. The number of benzene rings is 2.